The molecule has 1 rings (SSSR count). The maximum atomic E-state index is 5.47. The van der Waals surface area contributed by atoms with Crippen LogP contribution in [-0.4, -0.2) is 26.0 Å². The quantitative estimate of drug-likeness (QED) is 0.399. The first-order valence-electron chi connectivity index (χ1n) is 4.74. The van der Waals surface area contributed by atoms with E-state index in [1.807, 2.05) is 6.92 Å². The number of rotatable bonds is 2. The van der Waals surface area contributed by atoms with Crippen LogP contribution < -0.4 is 5.32 Å². The molecule has 0 radical (unpaired) electrons. The van der Waals surface area contributed by atoms with E-state index in [1.165, 1.54) is 0 Å². The van der Waals surface area contributed by atoms with Gasteiger partial charge in [0.1, 0.15) is 0 Å². The second-order valence-electron chi connectivity index (χ2n) is 3.39. The Morgan fingerprint density at radius 3 is 2.54 bits per heavy atom. The van der Waals surface area contributed by atoms with Gasteiger partial charge in [-0.2, -0.15) is 0 Å². The highest BCUT2D eigenvalue weighted by Gasteiger charge is 2.19. The van der Waals surface area contributed by atoms with Crippen molar-refractivity contribution in [2.75, 3.05) is 20.1 Å². The molecule has 1 N–H and O–H groups in total. The molecule has 1 saturated heterocycles. The number of piperidine rings is 1. The summed E-state index contributed by atoms with van der Waals surface area (Å²) in [6.07, 6.45) is 2.22. The largest absolute Gasteiger partial charge is 0.448 e. The van der Waals surface area contributed by atoms with Gasteiger partial charge in [0.25, 0.3) is 0 Å². The predicted molar refractivity (Wildman–Crippen MR) is 54.9 cm³/mol. The molecule has 0 bridgehead atoms. The Bertz CT molecular complexity index is 205. The zero-order chi connectivity index (χ0) is 9.68. The minimum Gasteiger partial charge on any atom is -0.448 e. The van der Waals surface area contributed by atoms with E-state index in [1.54, 1.807) is 7.05 Å². The molecule has 1 fully saturated rings. The van der Waals surface area contributed by atoms with Crippen LogP contribution in [0.15, 0.2) is 17.3 Å². The predicted octanol–water partition coefficient (Wildman–Crippen LogP) is 1.56. The summed E-state index contributed by atoms with van der Waals surface area (Å²) in [5, 5.41) is 3.31. The summed E-state index contributed by atoms with van der Waals surface area (Å²) in [5.74, 6) is 2.04. The van der Waals surface area contributed by atoms with Gasteiger partial charge < -0.3 is 10.1 Å². The summed E-state index contributed by atoms with van der Waals surface area (Å²) in [7, 11) is 1.78. The number of hydrogen-bond acceptors (Lipinski definition) is 3. The fourth-order valence-electron chi connectivity index (χ4n) is 1.56. The molecule has 1 aliphatic heterocycles. The molecule has 74 valence electrons. The number of nitrogens with zero attached hydrogens (tertiary/aromatic N) is 1. The second kappa shape index (κ2) is 5.02. The number of hydrogen-bond donors (Lipinski definition) is 1. The van der Waals surface area contributed by atoms with E-state index in [0.717, 1.165) is 37.6 Å². The van der Waals surface area contributed by atoms with Crippen molar-refractivity contribution in [1.29, 1.82) is 0 Å². The van der Waals surface area contributed by atoms with Gasteiger partial charge in [-0.05, 0) is 32.9 Å². The van der Waals surface area contributed by atoms with Crippen molar-refractivity contribution in [3.8, 4) is 0 Å². The van der Waals surface area contributed by atoms with Crippen LogP contribution >= 0.6 is 0 Å². The normalized spacial score (nSPS) is 20.0. The summed E-state index contributed by atoms with van der Waals surface area (Å²) < 4.78 is 5.47. The number of allylic oxidation sites excluding steroid dienone is 1. The standard InChI is InChI=1S/C10H18N2O/c1-8(2)13-10(11-3)9-4-6-12-7-5-9/h9,12H,1,4-7H2,2-3H3. The molecule has 0 amide bonds. The molecule has 0 aromatic carbocycles. The van der Waals surface area contributed by atoms with Crippen molar-refractivity contribution < 1.29 is 4.74 Å². The summed E-state index contributed by atoms with van der Waals surface area (Å²) >= 11 is 0. The lowest BCUT2D eigenvalue weighted by atomic mass is 9.98. The Morgan fingerprint density at radius 1 is 1.46 bits per heavy atom. The Balaban J connectivity index is 2.50. The van der Waals surface area contributed by atoms with Gasteiger partial charge in [0.2, 0.25) is 0 Å². The SMILES string of the molecule is C=C(C)OC(=NC)C1CCNCC1. The van der Waals surface area contributed by atoms with Crippen LogP contribution in [0.25, 0.3) is 0 Å². The molecular formula is C10H18N2O. The zero-order valence-corrected chi connectivity index (χ0v) is 8.47. The monoisotopic (exact) mass is 182 g/mol. The summed E-state index contributed by atoms with van der Waals surface area (Å²) in [4.78, 5) is 4.16. The van der Waals surface area contributed by atoms with Crippen LogP contribution in [0.5, 0.6) is 0 Å². The number of aliphatic imine (C=N–C) groups is 1. The van der Waals surface area contributed by atoms with Crippen LogP contribution in [0.4, 0.5) is 0 Å². The maximum Gasteiger partial charge on any atom is 0.192 e. The van der Waals surface area contributed by atoms with Crippen LogP contribution in [0.1, 0.15) is 19.8 Å². The molecular weight excluding hydrogens is 164 g/mol. The summed E-state index contributed by atoms with van der Waals surface area (Å²) in [6.45, 7) is 7.69. The molecule has 0 aromatic rings. The third-order valence-electron chi connectivity index (χ3n) is 2.19. The highest BCUT2D eigenvalue weighted by molar-refractivity contribution is 5.79. The highest BCUT2D eigenvalue weighted by atomic mass is 16.5. The first-order valence-corrected chi connectivity index (χ1v) is 4.74. The summed E-state index contributed by atoms with van der Waals surface area (Å²) in [5.41, 5.74) is 0. The van der Waals surface area contributed by atoms with Crippen molar-refractivity contribution in [2.24, 2.45) is 10.9 Å². The minimum atomic E-state index is 0.475. The van der Waals surface area contributed by atoms with Gasteiger partial charge in [-0.1, -0.05) is 6.58 Å². The van der Waals surface area contributed by atoms with E-state index in [2.05, 4.69) is 16.9 Å². The molecule has 0 aliphatic carbocycles. The fourth-order valence-corrected chi connectivity index (χ4v) is 1.56. The molecule has 0 spiro atoms. The average molecular weight is 182 g/mol. The smallest absolute Gasteiger partial charge is 0.192 e. The van der Waals surface area contributed by atoms with Gasteiger partial charge in [-0.25, -0.2) is 0 Å². The van der Waals surface area contributed by atoms with Crippen LogP contribution in [-0.2, 0) is 4.74 Å². The minimum absolute atomic E-state index is 0.475. The lowest BCUT2D eigenvalue weighted by Crippen LogP contribution is -2.32. The number of ether oxygens (including phenoxy) is 1. The van der Waals surface area contributed by atoms with E-state index < -0.39 is 0 Å². The zero-order valence-electron chi connectivity index (χ0n) is 8.47. The van der Waals surface area contributed by atoms with E-state index in [-0.39, 0.29) is 0 Å². The van der Waals surface area contributed by atoms with E-state index in [4.69, 9.17) is 4.74 Å². The van der Waals surface area contributed by atoms with Crippen molar-refractivity contribution in [1.82, 2.24) is 5.32 Å². The fraction of sp³-hybridized carbons (Fsp3) is 0.700. The van der Waals surface area contributed by atoms with Crippen molar-refractivity contribution >= 4 is 5.90 Å². The first kappa shape index (κ1) is 10.3. The lowest BCUT2D eigenvalue weighted by molar-refractivity contribution is 0.344. The number of nitrogens with one attached hydrogen (secondary N) is 1. The topological polar surface area (TPSA) is 33.6 Å². The van der Waals surface area contributed by atoms with Gasteiger partial charge in [0.15, 0.2) is 5.90 Å². The molecule has 0 atom stereocenters. The Labute approximate surface area is 79.9 Å². The van der Waals surface area contributed by atoms with Crippen LogP contribution in [0.2, 0.25) is 0 Å². The second-order valence-corrected chi connectivity index (χ2v) is 3.39. The first-order chi connectivity index (χ1) is 6.24. The molecule has 0 aromatic heterocycles. The van der Waals surface area contributed by atoms with Crippen LogP contribution in [0.3, 0.4) is 0 Å². The molecule has 0 saturated carbocycles. The molecule has 1 heterocycles. The highest BCUT2D eigenvalue weighted by Crippen LogP contribution is 2.15. The lowest BCUT2D eigenvalue weighted by Gasteiger charge is -2.23. The van der Waals surface area contributed by atoms with Gasteiger partial charge >= 0.3 is 0 Å². The van der Waals surface area contributed by atoms with Crippen molar-refractivity contribution in [2.45, 2.75) is 19.8 Å². The van der Waals surface area contributed by atoms with Gasteiger partial charge in [0.05, 0.1) is 5.76 Å². The van der Waals surface area contributed by atoms with Gasteiger partial charge in [-0.15, -0.1) is 0 Å². The van der Waals surface area contributed by atoms with Gasteiger partial charge in [-0.3, -0.25) is 4.99 Å². The molecule has 3 heteroatoms. The third kappa shape index (κ3) is 3.19. The maximum absolute atomic E-state index is 5.47. The molecule has 13 heavy (non-hydrogen) atoms. The van der Waals surface area contributed by atoms with Crippen molar-refractivity contribution in [3.63, 3.8) is 0 Å². The molecule has 3 nitrogen and oxygen atoms in total. The average Bonchev–Trinajstić information content (AvgIpc) is 2.15. The molecule has 1 aliphatic rings. The van der Waals surface area contributed by atoms with E-state index >= 15 is 0 Å². The Hall–Kier alpha value is -0.830. The summed E-state index contributed by atoms with van der Waals surface area (Å²) in [6, 6.07) is 0. The van der Waals surface area contributed by atoms with Crippen molar-refractivity contribution in [3.05, 3.63) is 12.3 Å². The molecule has 0 unspecified atom stereocenters. The van der Waals surface area contributed by atoms with Gasteiger partial charge in [0, 0.05) is 13.0 Å². The Kier molecular flexibility index (Phi) is 3.96. The Morgan fingerprint density at radius 2 is 2.08 bits per heavy atom. The van der Waals surface area contributed by atoms with Crippen LogP contribution in [0, 0.1) is 5.92 Å². The third-order valence-corrected chi connectivity index (χ3v) is 2.19. The van der Waals surface area contributed by atoms with E-state index in [0.29, 0.717) is 5.92 Å². The van der Waals surface area contributed by atoms with E-state index in [9.17, 15) is 0 Å².